The van der Waals surface area contributed by atoms with Gasteiger partial charge in [0.1, 0.15) is 5.60 Å². The first-order chi connectivity index (χ1) is 9.74. The summed E-state index contributed by atoms with van der Waals surface area (Å²) < 4.78 is 6.17. The molecule has 0 aliphatic carbocycles. The first kappa shape index (κ1) is 15.8. The molecule has 21 heavy (non-hydrogen) atoms. The Kier molecular flexibility index (Phi) is 4.56. The van der Waals surface area contributed by atoms with Gasteiger partial charge in [-0.25, -0.2) is 4.79 Å². The molecule has 1 unspecified atom stereocenters. The fourth-order valence-electron chi connectivity index (χ4n) is 2.15. The summed E-state index contributed by atoms with van der Waals surface area (Å²) in [5.41, 5.74) is 0.287. The summed E-state index contributed by atoms with van der Waals surface area (Å²) in [6.07, 6.45) is -0.201. The number of amides is 2. The first-order valence-electron chi connectivity index (χ1n) is 6.80. The summed E-state index contributed by atoms with van der Waals surface area (Å²) >= 11 is 3.36. The van der Waals surface area contributed by atoms with Crippen LogP contribution in [0.15, 0.2) is 28.7 Å². The highest BCUT2D eigenvalue weighted by molar-refractivity contribution is 9.10. The number of alkyl carbamates (subject to hydrolysis) is 1. The van der Waals surface area contributed by atoms with Gasteiger partial charge in [-0.2, -0.15) is 0 Å². The zero-order valence-electron chi connectivity index (χ0n) is 12.4. The number of ether oxygens (including phenoxy) is 1. The van der Waals surface area contributed by atoms with E-state index in [1.807, 2.05) is 24.3 Å². The maximum Gasteiger partial charge on any atom is 0.407 e. The van der Waals surface area contributed by atoms with Crippen LogP contribution in [0.1, 0.15) is 27.2 Å². The quantitative estimate of drug-likeness (QED) is 0.887. The van der Waals surface area contributed by atoms with Crippen LogP contribution in [0.4, 0.5) is 10.5 Å². The minimum Gasteiger partial charge on any atom is -0.444 e. The zero-order chi connectivity index (χ0) is 15.6. The van der Waals surface area contributed by atoms with Crippen molar-refractivity contribution < 1.29 is 14.3 Å². The second-order valence-electron chi connectivity index (χ2n) is 6.03. The number of benzene rings is 1. The Balaban J connectivity index is 1.96. The van der Waals surface area contributed by atoms with Crippen molar-refractivity contribution in [2.75, 3.05) is 11.4 Å². The summed E-state index contributed by atoms with van der Waals surface area (Å²) in [6.45, 7) is 5.88. The van der Waals surface area contributed by atoms with Gasteiger partial charge >= 0.3 is 6.09 Å². The third-order valence-electron chi connectivity index (χ3n) is 2.98. The third kappa shape index (κ3) is 4.46. The van der Waals surface area contributed by atoms with Crippen molar-refractivity contribution in [2.45, 2.75) is 38.8 Å². The molecule has 1 saturated heterocycles. The number of hydrogen-bond donors (Lipinski definition) is 1. The van der Waals surface area contributed by atoms with Crippen LogP contribution in [0, 0.1) is 0 Å². The highest BCUT2D eigenvalue weighted by Crippen LogP contribution is 2.23. The van der Waals surface area contributed by atoms with Gasteiger partial charge < -0.3 is 15.0 Å². The van der Waals surface area contributed by atoms with E-state index in [0.717, 1.165) is 10.2 Å². The standard InChI is InChI=1S/C15H19BrN2O3/c1-15(2,3)21-14(20)17-11-8-13(19)18(9-11)12-6-4-10(16)5-7-12/h4-7,11H,8-9H2,1-3H3,(H,17,20). The minimum atomic E-state index is -0.544. The van der Waals surface area contributed by atoms with E-state index < -0.39 is 11.7 Å². The molecule has 1 atom stereocenters. The predicted octanol–water partition coefficient (Wildman–Crippen LogP) is 3.08. The molecule has 0 aromatic heterocycles. The first-order valence-corrected chi connectivity index (χ1v) is 7.59. The van der Waals surface area contributed by atoms with E-state index in [1.165, 1.54) is 0 Å². The molecule has 6 heteroatoms. The van der Waals surface area contributed by atoms with Gasteiger partial charge in [-0.3, -0.25) is 4.79 Å². The molecular weight excluding hydrogens is 336 g/mol. The third-order valence-corrected chi connectivity index (χ3v) is 3.51. The molecule has 0 bridgehead atoms. The Morgan fingerprint density at radius 2 is 1.95 bits per heavy atom. The van der Waals surface area contributed by atoms with E-state index >= 15 is 0 Å². The Labute approximate surface area is 132 Å². The highest BCUT2D eigenvalue weighted by atomic mass is 79.9. The molecule has 1 aromatic rings. The molecule has 5 nitrogen and oxygen atoms in total. The molecule has 1 aromatic carbocycles. The van der Waals surface area contributed by atoms with Gasteiger partial charge in [0.2, 0.25) is 5.91 Å². The fourth-order valence-corrected chi connectivity index (χ4v) is 2.41. The summed E-state index contributed by atoms with van der Waals surface area (Å²) in [4.78, 5) is 25.5. The summed E-state index contributed by atoms with van der Waals surface area (Å²) in [5, 5.41) is 2.74. The van der Waals surface area contributed by atoms with Gasteiger partial charge in [-0.15, -0.1) is 0 Å². The molecule has 1 N–H and O–H groups in total. The lowest BCUT2D eigenvalue weighted by Gasteiger charge is -2.22. The van der Waals surface area contributed by atoms with Crippen LogP contribution in [-0.4, -0.2) is 30.2 Å². The van der Waals surface area contributed by atoms with E-state index in [4.69, 9.17) is 4.74 Å². The maximum absolute atomic E-state index is 12.1. The van der Waals surface area contributed by atoms with E-state index in [1.54, 1.807) is 25.7 Å². The number of nitrogens with zero attached hydrogens (tertiary/aromatic N) is 1. The van der Waals surface area contributed by atoms with Gasteiger partial charge in [-0.1, -0.05) is 15.9 Å². The smallest absolute Gasteiger partial charge is 0.407 e. The molecule has 2 amide bonds. The van der Waals surface area contributed by atoms with Crippen LogP contribution in [0.2, 0.25) is 0 Å². The van der Waals surface area contributed by atoms with E-state index in [0.29, 0.717) is 6.54 Å². The SMILES string of the molecule is CC(C)(C)OC(=O)NC1CC(=O)N(c2ccc(Br)cc2)C1. The summed E-state index contributed by atoms with van der Waals surface area (Å²) in [5.74, 6) is -0.00150. The average Bonchev–Trinajstić information content (AvgIpc) is 2.68. The molecule has 1 heterocycles. The molecule has 1 aliphatic heterocycles. The van der Waals surface area contributed by atoms with Crippen LogP contribution in [-0.2, 0) is 9.53 Å². The van der Waals surface area contributed by atoms with Crippen LogP contribution in [0.3, 0.4) is 0 Å². The normalized spacial score (nSPS) is 18.8. The topological polar surface area (TPSA) is 58.6 Å². The van der Waals surface area contributed by atoms with Gasteiger partial charge in [0.25, 0.3) is 0 Å². The summed E-state index contributed by atoms with van der Waals surface area (Å²) in [7, 11) is 0. The molecule has 1 fully saturated rings. The minimum absolute atomic E-state index is 0.00150. The summed E-state index contributed by atoms with van der Waals surface area (Å²) in [6, 6.07) is 7.29. The number of rotatable bonds is 2. The number of hydrogen-bond acceptors (Lipinski definition) is 3. The lowest BCUT2D eigenvalue weighted by molar-refractivity contribution is -0.117. The fraction of sp³-hybridized carbons (Fsp3) is 0.467. The van der Waals surface area contributed by atoms with E-state index in [2.05, 4.69) is 21.2 Å². The Morgan fingerprint density at radius 3 is 2.52 bits per heavy atom. The van der Waals surface area contributed by atoms with Crippen molar-refractivity contribution >= 4 is 33.6 Å². The van der Waals surface area contributed by atoms with Crippen molar-refractivity contribution in [3.63, 3.8) is 0 Å². The number of halogens is 1. The van der Waals surface area contributed by atoms with Gasteiger partial charge in [0.05, 0.1) is 6.04 Å². The maximum atomic E-state index is 12.1. The van der Waals surface area contributed by atoms with Crippen molar-refractivity contribution in [3.8, 4) is 0 Å². The zero-order valence-corrected chi connectivity index (χ0v) is 13.9. The molecule has 0 saturated carbocycles. The van der Waals surface area contributed by atoms with Gasteiger partial charge in [-0.05, 0) is 45.0 Å². The molecule has 114 valence electrons. The molecule has 2 rings (SSSR count). The second-order valence-corrected chi connectivity index (χ2v) is 6.94. The molecule has 0 spiro atoms. The van der Waals surface area contributed by atoms with Crippen molar-refractivity contribution in [1.82, 2.24) is 5.32 Å². The number of carbonyl (C=O) groups is 2. The van der Waals surface area contributed by atoms with Crippen LogP contribution in [0.5, 0.6) is 0 Å². The van der Waals surface area contributed by atoms with Crippen molar-refractivity contribution in [3.05, 3.63) is 28.7 Å². The van der Waals surface area contributed by atoms with Crippen LogP contribution in [0.25, 0.3) is 0 Å². The van der Waals surface area contributed by atoms with Crippen molar-refractivity contribution in [2.24, 2.45) is 0 Å². The van der Waals surface area contributed by atoms with Gasteiger partial charge in [0.15, 0.2) is 0 Å². The number of carbonyl (C=O) groups excluding carboxylic acids is 2. The average molecular weight is 355 g/mol. The second kappa shape index (κ2) is 6.05. The number of nitrogens with one attached hydrogen (secondary N) is 1. The largest absolute Gasteiger partial charge is 0.444 e. The monoisotopic (exact) mass is 354 g/mol. The Bertz CT molecular complexity index is 537. The lowest BCUT2D eigenvalue weighted by atomic mass is 10.2. The molecule has 0 radical (unpaired) electrons. The molecular formula is C15H19BrN2O3. The van der Waals surface area contributed by atoms with Crippen LogP contribution < -0.4 is 10.2 Å². The van der Waals surface area contributed by atoms with E-state index in [9.17, 15) is 9.59 Å². The molecule has 1 aliphatic rings. The van der Waals surface area contributed by atoms with Crippen LogP contribution >= 0.6 is 15.9 Å². The predicted molar refractivity (Wildman–Crippen MR) is 84.3 cm³/mol. The number of anilines is 1. The van der Waals surface area contributed by atoms with Gasteiger partial charge in [0, 0.05) is 23.1 Å². The van der Waals surface area contributed by atoms with E-state index in [-0.39, 0.29) is 18.4 Å². The Morgan fingerprint density at radius 1 is 1.33 bits per heavy atom. The lowest BCUT2D eigenvalue weighted by Crippen LogP contribution is -2.40. The Hall–Kier alpha value is -1.56. The van der Waals surface area contributed by atoms with Crippen molar-refractivity contribution in [1.29, 1.82) is 0 Å². The highest BCUT2D eigenvalue weighted by Gasteiger charge is 2.32.